The van der Waals surface area contributed by atoms with Gasteiger partial charge in [-0.3, -0.25) is 4.57 Å². The summed E-state index contributed by atoms with van der Waals surface area (Å²) in [6.45, 7) is 0. The molecule has 0 aliphatic rings. The zero-order valence-corrected chi connectivity index (χ0v) is 37.8. The number of hydrogen-bond donors (Lipinski definition) is 0. The number of aromatic nitrogens is 4. The molecule has 7 heteroatoms. The smallest absolute Gasteiger partial charge is 0.235 e. The molecule has 6 heterocycles. The summed E-state index contributed by atoms with van der Waals surface area (Å²) in [4.78, 5) is 10.3. The normalized spacial score (nSPS) is 12.2. The predicted octanol–water partition coefficient (Wildman–Crippen LogP) is 17.4. The standard InChI is InChI=1S/C64H36N4O3/c1-6-16-54-43(11-1)48-35-49-44-12-2-7-17-55(44)68(64-65-28-27-53(66-64)39-23-26-63-52(34-39)47-15-5-10-20-60(47)71-63)57(49)36-56(48)67(54)42-30-40(37-21-24-61-50(32-37)45-13-3-8-18-58(45)69-61)29-41(31-42)38-22-25-62-51(33-38)46-14-4-9-19-59(46)70-62/h1-36H. The Kier molecular flexibility index (Phi) is 7.76. The summed E-state index contributed by atoms with van der Waals surface area (Å²) in [6.07, 6.45) is 1.87. The molecule has 0 bridgehead atoms. The van der Waals surface area contributed by atoms with Gasteiger partial charge in [-0.25, -0.2) is 9.97 Å². The van der Waals surface area contributed by atoms with E-state index >= 15 is 0 Å². The van der Waals surface area contributed by atoms with Crippen molar-refractivity contribution in [1.29, 1.82) is 0 Å². The molecule has 0 N–H and O–H groups in total. The van der Waals surface area contributed by atoms with Gasteiger partial charge >= 0.3 is 0 Å². The molecule has 0 saturated heterocycles. The molecule has 0 unspecified atom stereocenters. The van der Waals surface area contributed by atoms with E-state index in [2.05, 4.69) is 167 Å². The van der Waals surface area contributed by atoms with Gasteiger partial charge in [-0.1, -0.05) is 103 Å². The van der Waals surface area contributed by atoms with Gasteiger partial charge in [0.05, 0.1) is 27.8 Å². The summed E-state index contributed by atoms with van der Waals surface area (Å²) in [7, 11) is 0. The lowest BCUT2D eigenvalue weighted by Gasteiger charge is -2.15. The lowest BCUT2D eigenvalue weighted by Crippen LogP contribution is -2.02. The number of furan rings is 3. The van der Waals surface area contributed by atoms with E-state index in [9.17, 15) is 0 Å². The molecule has 16 aromatic rings. The second-order valence-corrected chi connectivity index (χ2v) is 18.5. The second kappa shape index (κ2) is 14.4. The minimum Gasteiger partial charge on any atom is -0.456 e. The van der Waals surface area contributed by atoms with Gasteiger partial charge in [0.15, 0.2) is 0 Å². The Balaban J connectivity index is 0.940. The van der Waals surface area contributed by atoms with Crippen molar-refractivity contribution in [3.63, 3.8) is 0 Å². The molecule has 0 atom stereocenters. The number of hydrogen-bond acceptors (Lipinski definition) is 5. The summed E-state index contributed by atoms with van der Waals surface area (Å²) in [5.74, 6) is 0.599. The van der Waals surface area contributed by atoms with E-state index in [0.717, 1.165) is 143 Å². The molecule has 71 heavy (non-hydrogen) atoms. The van der Waals surface area contributed by atoms with Crippen molar-refractivity contribution >= 4 is 109 Å². The Morgan fingerprint density at radius 2 is 0.718 bits per heavy atom. The molecule has 0 amide bonds. The summed E-state index contributed by atoms with van der Waals surface area (Å²) in [5.41, 5.74) is 16.7. The summed E-state index contributed by atoms with van der Waals surface area (Å²) < 4.78 is 23.5. The molecular formula is C64H36N4O3. The highest BCUT2D eigenvalue weighted by Crippen LogP contribution is 2.43. The van der Waals surface area contributed by atoms with E-state index < -0.39 is 0 Å². The maximum absolute atomic E-state index is 6.31. The van der Waals surface area contributed by atoms with E-state index in [1.54, 1.807) is 0 Å². The molecular weight excluding hydrogens is 873 g/mol. The molecule has 7 nitrogen and oxygen atoms in total. The lowest BCUT2D eigenvalue weighted by atomic mass is 9.96. The van der Waals surface area contributed by atoms with E-state index in [1.165, 1.54) is 5.39 Å². The first-order valence-electron chi connectivity index (χ1n) is 23.9. The maximum atomic E-state index is 6.31. The van der Waals surface area contributed by atoms with Crippen LogP contribution in [0.4, 0.5) is 0 Å². The van der Waals surface area contributed by atoms with E-state index in [4.69, 9.17) is 23.2 Å². The molecule has 0 saturated carbocycles. The molecule has 330 valence electrons. The van der Waals surface area contributed by atoms with E-state index in [-0.39, 0.29) is 0 Å². The number of benzene rings is 10. The fraction of sp³-hybridized carbons (Fsp3) is 0. The maximum Gasteiger partial charge on any atom is 0.235 e. The predicted molar refractivity (Wildman–Crippen MR) is 289 cm³/mol. The minimum absolute atomic E-state index is 0.599. The van der Waals surface area contributed by atoms with Crippen molar-refractivity contribution in [3.05, 3.63) is 219 Å². The first-order chi connectivity index (χ1) is 35.1. The zero-order valence-electron chi connectivity index (χ0n) is 37.8. The Bertz CT molecular complexity index is 4770. The molecule has 0 aliphatic carbocycles. The number of rotatable bonds is 5. The molecule has 6 aromatic heterocycles. The van der Waals surface area contributed by atoms with Crippen molar-refractivity contribution in [2.75, 3.05) is 0 Å². The van der Waals surface area contributed by atoms with Crippen LogP contribution in [0.5, 0.6) is 0 Å². The van der Waals surface area contributed by atoms with Crippen LogP contribution in [0.25, 0.3) is 155 Å². The molecule has 0 fully saturated rings. The SMILES string of the molecule is c1ccc2c(c1)oc1ccc(-c3cc(-c4ccc5oc6ccccc6c5c4)cc(-n4c5ccccc5c5cc6c7ccccc7n(-c7nccc(-c8ccc9oc%10ccccc%10c9c8)n7)c6cc54)c3)cc12. The summed E-state index contributed by atoms with van der Waals surface area (Å²) in [5, 5.41) is 11.1. The first-order valence-corrected chi connectivity index (χ1v) is 23.9. The van der Waals surface area contributed by atoms with E-state index in [1.807, 2.05) is 60.8 Å². The van der Waals surface area contributed by atoms with Crippen LogP contribution < -0.4 is 0 Å². The highest BCUT2D eigenvalue weighted by molar-refractivity contribution is 6.19. The lowest BCUT2D eigenvalue weighted by molar-refractivity contribution is 0.668. The second-order valence-electron chi connectivity index (χ2n) is 18.5. The van der Waals surface area contributed by atoms with Crippen molar-refractivity contribution < 1.29 is 13.3 Å². The van der Waals surface area contributed by atoms with Crippen LogP contribution in [0.15, 0.2) is 232 Å². The van der Waals surface area contributed by atoms with Gasteiger partial charge < -0.3 is 17.8 Å². The number of para-hydroxylation sites is 5. The van der Waals surface area contributed by atoms with Crippen molar-refractivity contribution in [2.45, 2.75) is 0 Å². The Hall–Kier alpha value is -9.72. The Labute approximate surface area is 403 Å². The Morgan fingerprint density at radius 1 is 0.282 bits per heavy atom. The average molecular weight is 909 g/mol. The van der Waals surface area contributed by atoms with Gasteiger partial charge in [-0.15, -0.1) is 0 Å². The van der Waals surface area contributed by atoms with Crippen LogP contribution in [-0.2, 0) is 0 Å². The van der Waals surface area contributed by atoms with Gasteiger partial charge in [0, 0.05) is 71.3 Å². The summed E-state index contributed by atoms with van der Waals surface area (Å²) in [6, 6.07) is 75.1. The zero-order chi connectivity index (χ0) is 46.3. The molecule has 0 spiro atoms. The molecule has 0 radical (unpaired) electrons. The third-order valence-corrected chi connectivity index (χ3v) is 14.6. The third kappa shape index (κ3) is 5.65. The van der Waals surface area contributed by atoms with Crippen LogP contribution in [0.3, 0.4) is 0 Å². The molecule has 10 aromatic carbocycles. The van der Waals surface area contributed by atoms with Gasteiger partial charge in [0.1, 0.15) is 33.5 Å². The number of fused-ring (bicyclic) bond motifs is 15. The average Bonchev–Trinajstić information content (AvgIpc) is 4.24. The van der Waals surface area contributed by atoms with Crippen molar-refractivity contribution in [3.8, 4) is 45.1 Å². The number of nitrogens with zero attached hydrogens (tertiary/aromatic N) is 4. The molecule has 0 aliphatic heterocycles. The van der Waals surface area contributed by atoms with Crippen LogP contribution in [-0.4, -0.2) is 19.1 Å². The Morgan fingerprint density at radius 3 is 1.27 bits per heavy atom. The first kappa shape index (κ1) is 38.3. The quantitative estimate of drug-likeness (QED) is 0.172. The van der Waals surface area contributed by atoms with Crippen LogP contribution >= 0.6 is 0 Å². The van der Waals surface area contributed by atoms with Crippen molar-refractivity contribution in [2.24, 2.45) is 0 Å². The van der Waals surface area contributed by atoms with Crippen LogP contribution in [0, 0.1) is 0 Å². The van der Waals surface area contributed by atoms with Crippen LogP contribution in [0.2, 0.25) is 0 Å². The molecule has 16 rings (SSSR count). The van der Waals surface area contributed by atoms with Crippen LogP contribution in [0.1, 0.15) is 0 Å². The van der Waals surface area contributed by atoms with Gasteiger partial charge in [-0.05, 0) is 131 Å². The third-order valence-electron chi connectivity index (χ3n) is 14.6. The van der Waals surface area contributed by atoms with Gasteiger partial charge in [0.2, 0.25) is 5.95 Å². The van der Waals surface area contributed by atoms with Gasteiger partial charge in [-0.2, -0.15) is 0 Å². The van der Waals surface area contributed by atoms with E-state index in [0.29, 0.717) is 5.95 Å². The highest BCUT2D eigenvalue weighted by atomic mass is 16.3. The highest BCUT2D eigenvalue weighted by Gasteiger charge is 2.22. The monoisotopic (exact) mass is 908 g/mol. The fourth-order valence-corrected chi connectivity index (χ4v) is 11.3. The minimum atomic E-state index is 0.599. The largest absolute Gasteiger partial charge is 0.456 e. The topological polar surface area (TPSA) is 75.1 Å². The van der Waals surface area contributed by atoms with Gasteiger partial charge in [0.25, 0.3) is 0 Å². The summed E-state index contributed by atoms with van der Waals surface area (Å²) >= 11 is 0. The van der Waals surface area contributed by atoms with Crippen molar-refractivity contribution in [1.82, 2.24) is 19.1 Å². The fourth-order valence-electron chi connectivity index (χ4n) is 11.3.